The summed E-state index contributed by atoms with van der Waals surface area (Å²) in [4.78, 5) is 84.8. The van der Waals surface area contributed by atoms with Gasteiger partial charge in [-0.3, -0.25) is 32.3 Å². The van der Waals surface area contributed by atoms with Crippen molar-refractivity contribution in [1.82, 2.24) is 29.1 Å². The molecule has 10 N–H and O–H groups in total. The normalized spacial score (nSPS) is 24.4. The molecule has 6 rings (SSSR count). The van der Waals surface area contributed by atoms with Crippen LogP contribution in [0.1, 0.15) is 37.8 Å². The molecule has 0 aliphatic carbocycles. The molecule has 61 heavy (non-hydrogen) atoms. The van der Waals surface area contributed by atoms with Gasteiger partial charge in [0, 0.05) is 18.4 Å². The number of hydrogen-bond acceptors (Lipinski definition) is 22. The maximum Gasteiger partial charge on any atom is 0.472 e. The number of phosphoric ester groups is 2. The van der Waals surface area contributed by atoms with Gasteiger partial charge in [0.25, 0.3) is 0 Å². The van der Waals surface area contributed by atoms with E-state index in [-0.39, 0.29) is 29.2 Å². The molecule has 0 radical (unpaired) electrons. The van der Waals surface area contributed by atoms with Crippen molar-refractivity contribution in [2.45, 2.75) is 80.6 Å². The lowest BCUT2D eigenvalue weighted by Crippen LogP contribution is -2.44. The minimum Gasteiger partial charge on any atom is -0.455 e. The fraction of sp³-hybridized carbons (Fsp3) is 0.469. The Balaban J connectivity index is 1.18. The SMILES string of the molecule is CCSSc1cccc(C)c1OC(=O)C[C@H](N)C(=O)O[C@H]1[C@@H](O)[C@H](n2cnc3c(N)ncnc32)O[C@@H]1COP(=O)(O)O[C@H]1C[C@H](n2ccc(N)nc2=O)O[C@@H]1COP(=O)(O)O. The van der Waals surface area contributed by atoms with Crippen LogP contribution in [0.25, 0.3) is 11.2 Å². The zero-order valence-corrected chi connectivity index (χ0v) is 35.4. The number of fused-ring (bicyclic) bond motifs is 1. The van der Waals surface area contributed by atoms with Crippen LogP contribution in [0.2, 0.25) is 0 Å². The number of para-hydroxylation sites is 1. The van der Waals surface area contributed by atoms with E-state index in [0.29, 0.717) is 16.2 Å². The van der Waals surface area contributed by atoms with Gasteiger partial charge in [0.2, 0.25) is 0 Å². The van der Waals surface area contributed by atoms with Crippen LogP contribution in [-0.4, -0.2) is 116 Å². The molecule has 29 heteroatoms. The van der Waals surface area contributed by atoms with Gasteiger partial charge < -0.3 is 55.9 Å². The average molecular weight is 934 g/mol. The Morgan fingerprint density at radius 2 is 1.80 bits per heavy atom. The summed E-state index contributed by atoms with van der Waals surface area (Å²) in [6.07, 6.45) is -8.03. The maximum atomic E-state index is 13.5. The molecule has 332 valence electrons. The fourth-order valence-electron chi connectivity index (χ4n) is 6.19. The second-order valence-electron chi connectivity index (χ2n) is 13.3. The molecule has 2 saturated heterocycles. The first-order chi connectivity index (χ1) is 28.8. The van der Waals surface area contributed by atoms with Crippen LogP contribution < -0.4 is 27.6 Å². The highest BCUT2D eigenvalue weighted by atomic mass is 33.1. The molecule has 2 aliphatic heterocycles. The zero-order valence-electron chi connectivity index (χ0n) is 32.0. The quantitative estimate of drug-likeness (QED) is 0.0312. The molecule has 0 amide bonds. The van der Waals surface area contributed by atoms with Crippen molar-refractivity contribution in [3.8, 4) is 5.75 Å². The molecule has 9 atom stereocenters. The minimum atomic E-state index is -5.23. The van der Waals surface area contributed by atoms with Gasteiger partial charge in [-0.25, -0.2) is 28.9 Å². The van der Waals surface area contributed by atoms with Crippen LogP contribution in [0.3, 0.4) is 0 Å². The van der Waals surface area contributed by atoms with Crippen molar-refractivity contribution in [1.29, 1.82) is 0 Å². The van der Waals surface area contributed by atoms with E-state index in [9.17, 15) is 43.3 Å². The minimum absolute atomic E-state index is 0.00369. The Hall–Kier alpha value is -4.05. The number of aliphatic hydroxyl groups excluding tert-OH is 1. The van der Waals surface area contributed by atoms with Crippen molar-refractivity contribution in [3.63, 3.8) is 0 Å². The first kappa shape index (κ1) is 46.5. The zero-order chi connectivity index (χ0) is 44.2. The summed E-state index contributed by atoms with van der Waals surface area (Å²) in [7, 11) is -7.37. The third-order valence-electron chi connectivity index (χ3n) is 8.99. The highest BCUT2D eigenvalue weighted by molar-refractivity contribution is 8.76. The van der Waals surface area contributed by atoms with E-state index in [1.54, 1.807) is 25.1 Å². The number of carbonyl (C=O) groups is 2. The number of esters is 2. The number of imidazole rings is 1. The van der Waals surface area contributed by atoms with Gasteiger partial charge in [0.15, 0.2) is 23.8 Å². The summed E-state index contributed by atoms with van der Waals surface area (Å²) in [6.45, 7) is 1.94. The first-order valence-corrected chi connectivity index (χ1v) is 23.4. The first-order valence-electron chi connectivity index (χ1n) is 18.0. The predicted octanol–water partition coefficient (Wildman–Crippen LogP) is 0.708. The number of ether oxygens (including phenoxy) is 4. The van der Waals surface area contributed by atoms with Crippen LogP contribution in [0.5, 0.6) is 5.75 Å². The Labute approximate surface area is 352 Å². The van der Waals surface area contributed by atoms with E-state index in [1.165, 1.54) is 44.7 Å². The lowest BCUT2D eigenvalue weighted by atomic mass is 10.1. The molecule has 25 nitrogen and oxygen atoms in total. The molecular formula is C32H41N9O16P2S2. The Morgan fingerprint density at radius 3 is 2.52 bits per heavy atom. The summed E-state index contributed by atoms with van der Waals surface area (Å²) in [5.41, 5.74) is 17.6. The van der Waals surface area contributed by atoms with Gasteiger partial charge in [-0.2, -0.15) is 4.98 Å². The molecule has 0 spiro atoms. The summed E-state index contributed by atoms with van der Waals surface area (Å²) < 4.78 is 65.2. The number of aromatic nitrogens is 6. The summed E-state index contributed by atoms with van der Waals surface area (Å²) >= 11 is 0. The van der Waals surface area contributed by atoms with Gasteiger partial charge in [-0.15, -0.1) is 0 Å². The van der Waals surface area contributed by atoms with Crippen LogP contribution in [0.4, 0.5) is 11.6 Å². The van der Waals surface area contributed by atoms with Crippen LogP contribution >= 0.6 is 37.2 Å². The Kier molecular flexibility index (Phi) is 14.9. The second kappa shape index (κ2) is 19.6. The number of aliphatic hydroxyl groups is 1. The van der Waals surface area contributed by atoms with Crippen molar-refractivity contribution in [2.24, 2.45) is 5.73 Å². The average Bonchev–Trinajstić information content (AvgIpc) is 3.88. The van der Waals surface area contributed by atoms with Gasteiger partial charge in [-0.1, -0.05) is 40.6 Å². The maximum absolute atomic E-state index is 13.5. The molecule has 0 saturated carbocycles. The standard InChI is InChI=1S/C32H41N9O16P2S2/c1-3-60-61-20-6-4-5-15(2)26(20)55-23(42)9-16(33)31(44)56-27-19(54-30(25(27)43)41-14-38-24-28(35)36-13-37-29(24)41)12-52-59(49,50)57-17-10-22(40-8-7-21(34)39-32(40)45)53-18(17)11-51-58(46,47)48/h4-8,13-14,16-19,22,25,27,30,43H,3,9-12,33H2,1-2H3,(H,49,50)(H2,34,39,45)(H2,35,36,37)(H2,46,47,48)/t16-,17-,18+,19+,22+,25+,27+,30+/m0/s1. The number of nitrogens with zero attached hydrogens (tertiary/aromatic N) is 6. The van der Waals surface area contributed by atoms with Crippen molar-refractivity contribution < 1.29 is 71.0 Å². The third-order valence-corrected chi connectivity index (χ3v) is 12.9. The third kappa shape index (κ3) is 11.5. The largest absolute Gasteiger partial charge is 0.472 e. The Morgan fingerprint density at radius 1 is 1.05 bits per heavy atom. The van der Waals surface area contributed by atoms with E-state index in [4.69, 9.17) is 45.2 Å². The van der Waals surface area contributed by atoms with E-state index in [0.717, 1.165) is 16.6 Å². The summed E-state index contributed by atoms with van der Waals surface area (Å²) in [5.74, 6) is -1.07. The summed E-state index contributed by atoms with van der Waals surface area (Å²) in [6, 6.07) is 4.98. The van der Waals surface area contributed by atoms with Gasteiger partial charge in [0.05, 0.1) is 30.9 Å². The van der Waals surface area contributed by atoms with Gasteiger partial charge in [-0.05, 0) is 24.6 Å². The number of aryl methyl sites for hydroxylation is 1. The number of hydrogen-bond donors (Lipinski definition) is 7. The molecule has 1 aromatic carbocycles. The predicted molar refractivity (Wildman–Crippen MR) is 213 cm³/mol. The van der Waals surface area contributed by atoms with E-state index >= 15 is 0 Å². The molecule has 2 aliphatic rings. The number of phosphoric acid groups is 2. The molecule has 4 aromatic rings. The highest BCUT2D eigenvalue weighted by Crippen LogP contribution is 2.50. The molecule has 1 unspecified atom stereocenters. The smallest absolute Gasteiger partial charge is 0.455 e. The molecule has 2 fully saturated rings. The number of rotatable bonds is 18. The number of anilines is 2. The van der Waals surface area contributed by atoms with Crippen LogP contribution in [-0.2, 0) is 46.5 Å². The van der Waals surface area contributed by atoms with E-state index in [2.05, 4.69) is 24.5 Å². The van der Waals surface area contributed by atoms with E-state index in [1.807, 2.05) is 6.92 Å². The lowest BCUT2D eigenvalue weighted by molar-refractivity contribution is -0.160. The van der Waals surface area contributed by atoms with Gasteiger partial charge >= 0.3 is 33.3 Å². The van der Waals surface area contributed by atoms with Crippen LogP contribution in [0.15, 0.2) is 52.8 Å². The van der Waals surface area contributed by atoms with E-state index < -0.39 is 102 Å². The van der Waals surface area contributed by atoms with Crippen molar-refractivity contribution >= 4 is 72.0 Å². The molecule has 5 heterocycles. The number of carbonyl (C=O) groups excluding carboxylic acids is 2. The topological polar surface area (TPSA) is 370 Å². The monoisotopic (exact) mass is 933 g/mol. The molecular weight excluding hydrogens is 892 g/mol. The van der Waals surface area contributed by atoms with Crippen molar-refractivity contribution in [3.05, 3.63) is 59.2 Å². The fourth-order valence-corrected chi connectivity index (χ4v) is 9.27. The molecule has 3 aromatic heterocycles. The van der Waals surface area contributed by atoms with Crippen molar-refractivity contribution in [2.75, 3.05) is 30.4 Å². The molecule has 0 bridgehead atoms. The highest BCUT2D eigenvalue weighted by Gasteiger charge is 2.50. The number of nitrogens with two attached hydrogens (primary N) is 3. The number of nitrogen functional groups attached to an aromatic ring is 2. The van der Waals surface area contributed by atoms with Crippen LogP contribution in [0, 0.1) is 6.92 Å². The number of benzene rings is 1. The second-order valence-corrected chi connectivity index (χ2v) is 18.6. The summed E-state index contributed by atoms with van der Waals surface area (Å²) in [5, 5.41) is 11.5. The lowest BCUT2D eigenvalue weighted by Gasteiger charge is -2.24. The Bertz CT molecular complexity index is 2390. The van der Waals surface area contributed by atoms with Gasteiger partial charge in [0.1, 0.15) is 60.1 Å².